The maximum absolute atomic E-state index is 12.6. The normalized spacial score (nSPS) is 12.3. The highest BCUT2D eigenvalue weighted by Gasteiger charge is 2.32. The molecular weight excluding hydrogens is 255 g/mol. The van der Waals surface area contributed by atoms with E-state index >= 15 is 0 Å². The standard InChI is InChI=1S/C14H18F3NO/c1-4-13(3,5-2)12(19)18-11-8-6-7-10(9-11)14(15,16)17/h6-9H,4-5H2,1-3H3,(H,18,19). The molecule has 0 bridgehead atoms. The van der Waals surface area contributed by atoms with E-state index in [9.17, 15) is 18.0 Å². The molecule has 0 saturated heterocycles. The smallest absolute Gasteiger partial charge is 0.326 e. The number of carbonyl (C=O) groups is 1. The zero-order chi connectivity index (χ0) is 14.7. The maximum atomic E-state index is 12.6. The molecule has 0 heterocycles. The average molecular weight is 273 g/mol. The summed E-state index contributed by atoms with van der Waals surface area (Å²) in [4.78, 5) is 12.1. The van der Waals surface area contributed by atoms with E-state index < -0.39 is 17.2 Å². The van der Waals surface area contributed by atoms with Crippen molar-refractivity contribution in [2.45, 2.75) is 39.8 Å². The molecule has 1 amide bonds. The van der Waals surface area contributed by atoms with Crippen LogP contribution < -0.4 is 5.32 Å². The third-order valence-corrected chi connectivity index (χ3v) is 3.56. The molecule has 0 aliphatic heterocycles. The second-order valence-corrected chi connectivity index (χ2v) is 4.80. The van der Waals surface area contributed by atoms with Crippen molar-refractivity contribution in [1.29, 1.82) is 0 Å². The molecule has 0 saturated carbocycles. The van der Waals surface area contributed by atoms with Crippen LogP contribution in [0.1, 0.15) is 39.2 Å². The van der Waals surface area contributed by atoms with E-state index in [1.807, 2.05) is 13.8 Å². The fourth-order valence-corrected chi connectivity index (χ4v) is 1.63. The fraction of sp³-hybridized carbons (Fsp3) is 0.500. The lowest BCUT2D eigenvalue weighted by molar-refractivity contribution is -0.137. The summed E-state index contributed by atoms with van der Waals surface area (Å²) in [7, 11) is 0. The minimum absolute atomic E-state index is 0.174. The Bertz CT molecular complexity index is 450. The van der Waals surface area contributed by atoms with Gasteiger partial charge in [-0.05, 0) is 31.0 Å². The lowest BCUT2D eigenvalue weighted by Gasteiger charge is -2.25. The SMILES string of the molecule is CCC(C)(CC)C(=O)Nc1cccc(C(F)(F)F)c1. The van der Waals surface area contributed by atoms with Crippen molar-refractivity contribution in [3.8, 4) is 0 Å². The van der Waals surface area contributed by atoms with Crippen LogP contribution in [0.15, 0.2) is 24.3 Å². The molecule has 0 fully saturated rings. The Balaban J connectivity index is 2.92. The Morgan fingerprint density at radius 2 is 1.79 bits per heavy atom. The summed E-state index contributed by atoms with van der Waals surface area (Å²) in [5, 5.41) is 2.56. The van der Waals surface area contributed by atoms with Crippen LogP contribution in [-0.2, 0) is 11.0 Å². The van der Waals surface area contributed by atoms with Crippen molar-refractivity contribution in [1.82, 2.24) is 0 Å². The lowest BCUT2D eigenvalue weighted by Crippen LogP contribution is -2.32. The van der Waals surface area contributed by atoms with Gasteiger partial charge in [0.15, 0.2) is 0 Å². The Labute approximate surface area is 111 Å². The Morgan fingerprint density at radius 3 is 2.26 bits per heavy atom. The van der Waals surface area contributed by atoms with Crippen molar-refractivity contribution < 1.29 is 18.0 Å². The quantitative estimate of drug-likeness (QED) is 0.861. The predicted molar refractivity (Wildman–Crippen MR) is 68.8 cm³/mol. The minimum atomic E-state index is -4.40. The molecule has 1 N–H and O–H groups in total. The van der Waals surface area contributed by atoms with Crippen LogP contribution in [0.2, 0.25) is 0 Å². The third kappa shape index (κ3) is 3.72. The van der Waals surface area contributed by atoms with Gasteiger partial charge in [0.05, 0.1) is 5.56 Å². The molecule has 0 atom stereocenters. The van der Waals surface area contributed by atoms with Gasteiger partial charge in [0.2, 0.25) is 5.91 Å². The van der Waals surface area contributed by atoms with Crippen molar-refractivity contribution in [3.05, 3.63) is 29.8 Å². The van der Waals surface area contributed by atoms with Crippen LogP contribution in [-0.4, -0.2) is 5.91 Å². The van der Waals surface area contributed by atoms with Crippen molar-refractivity contribution in [2.75, 3.05) is 5.32 Å². The monoisotopic (exact) mass is 273 g/mol. The maximum Gasteiger partial charge on any atom is 0.416 e. The summed E-state index contributed by atoms with van der Waals surface area (Å²) in [6.07, 6.45) is -3.14. The van der Waals surface area contributed by atoms with Gasteiger partial charge in [-0.15, -0.1) is 0 Å². The number of hydrogen-bond acceptors (Lipinski definition) is 1. The molecule has 5 heteroatoms. The van der Waals surface area contributed by atoms with E-state index in [2.05, 4.69) is 5.32 Å². The molecule has 0 unspecified atom stereocenters. The zero-order valence-electron chi connectivity index (χ0n) is 11.3. The van der Waals surface area contributed by atoms with Crippen LogP contribution in [0.4, 0.5) is 18.9 Å². The number of amides is 1. The van der Waals surface area contributed by atoms with Crippen LogP contribution in [0, 0.1) is 5.41 Å². The first kappa shape index (κ1) is 15.5. The fourth-order valence-electron chi connectivity index (χ4n) is 1.63. The molecule has 19 heavy (non-hydrogen) atoms. The summed E-state index contributed by atoms with van der Waals surface area (Å²) in [5.74, 6) is -0.253. The summed E-state index contributed by atoms with van der Waals surface area (Å²) in [5.41, 5.74) is -1.15. The summed E-state index contributed by atoms with van der Waals surface area (Å²) in [6, 6.07) is 4.67. The highest BCUT2D eigenvalue weighted by molar-refractivity contribution is 5.95. The first-order chi connectivity index (χ1) is 8.73. The zero-order valence-corrected chi connectivity index (χ0v) is 11.3. The van der Waals surface area contributed by atoms with Gasteiger partial charge in [-0.25, -0.2) is 0 Å². The van der Waals surface area contributed by atoms with Crippen molar-refractivity contribution >= 4 is 11.6 Å². The molecule has 1 aromatic rings. The van der Waals surface area contributed by atoms with Gasteiger partial charge in [-0.2, -0.15) is 13.2 Å². The Kier molecular flexibility index (Phi) is 4.61. The van der Waals surface area contributed by atoms with Gasteiger partial charge in [0.1, 0.15) is 0 Å². The van der Waals surface area contributed by atoms with Crippen LogP contribution in [0.5, 0.6) is 0 Å². The van der Waals surface area contributed by atoms with E-state index in [1.54, 1.807) is 6.92 Å². The molecule has 0 aliphatic carbocycles. The third-order valence-electron chi connectivity index (χ3n) is 3.56. The largest absolute Gasteiger partial charge is 0.416 e. The molecule has 2 nitrogen and oxygen atoms in total. The van der Waals surface area contributed by atoms with Crippen LogP contribution >= 0.6 is 0 Å². The van der Waals surface area contributed by atoms with Gasteiger partial charge in [-0.3, -0.25) is 4.79 Å². The number of rotatable bonds is 4. The highest BCUT2D eigenvalue weighted by atomic mass is 19.4. The van der Waals surface area contributed by atoms with Crippen LogP contribution in [0.25, 0.3) is 0 Å². The number of anilines is 1. The molecule has 0 spiro atoms. The van der Waals surface area contributed by atoms with Gasteiger partial charge in [0.25, 0.3) is 0 Å². The molecular formula is C14H18F3NO. The number of carbonyl (C=O) groups excluding carboxylic acids is 1. The Morgan fingerprint density at radius 1 is 1.21 bits per heavy atom. The number of alkyl halides is 3. The second kappa shape index (κ2) is 5.63. The number of nitrogens with one attached hydrogen (secondary N) is 1. The van der Waals surface area contributed by atoms with Gasteiger partial charge in [0, 0.05) is 11.1 Å². The number of benzene rings is 1. The first-order valence-corrected chi connectivity index (χ1v) is 6.21. The predicted octanol–water partition coefficient (Wildman–Crippen LogP) is 4.47. The molecule has 106 valence electrons. The minimum Gasteiger partial charge on any atom is -0.326 e. The van der Waals surface area contributed by atoms with E-state index in [-0.39, 0.29) is 11.6 Å². The van der Waals surface area contributed by atoms with Crippen LogP contribution in [0.3, 0.4) is 0 Å². The second-order valence-electron chi connectivity index (χ2n) is 4.80. The van der Waals surface area contributed by atoms with Gasteiger partial charge in [-0.1, -0.05) is 26.8 Å². The molecule has 1 aromatic carbocycles. The summed E-state index contributed by atoms with van der Waals surface area (Å²) >= 11 is 0. The summed E-state index contributed by atoms with van der Waals surface area (Å²) < 4.78 is 37.7. The van der Waals surface area contributed by atoms with E-state index in [4.69, 9.17) is 0 Å². The van der Waals surface area contributed by atoms with E-state index in [0.29, 0.717) is 12.8 Å². The molecule has 0 aromatic heterocycles. The molecule has 0 radical (unpaired) electrons. The summed E-state index contributed by atoms with van der Waals surface area (Å²) in [6.45, 7) is 5.57. The number of halogens is 3. The lowest BCUT2D eigenvalue weighted by atomic mass is 9.84. The topological polar surface area (TPSA) is 29.1 Å². The van der Waals surface area contributed by atoms with Crippen molar-refractivity contribution in [2.24, 2.45) is 5.41 Å². The average Bonchev–Trinajstić information content (AvgIpc) is 2.37. The van der Waals surface area contributed by atoms with E-state index in [0.717, 1.165) is 12.1 Å². The Hall–Kier alpha value is -1.52. The van der Waals surface area contributed by atoms with Gasteiger partial charge < -0.3 is 5.32 Å². The van der Waals surface area contributed by atoms with Crippen molar-refractivity contribution in [3.63, 3.8) is 0 Å². The number of hydrogen-bond donors (Lipinski definition) is 1. The molecule has 0 aliphatic rings. The van der Waals surface area contributed by atoms with E-state index in [1.165, 1.54) is 12.1 Å². The molecule has 1 rings (SSSR count). The highest BCUT2D eigenvalue weighted by Crippen LogP contribution is 2.32. The first-order valence-electron chi connectivity index (χ1n) is 6.21. The van der Waals surface area contributed by atoms with Gasteiger partial charge >= 0.3 is 6.18 Å².